The van der Waals surface area contributed by atoms with Gasteiger partial charge >= 0.3 is 0 Å². The Balaban J connectivity index is -0.000000128. The quantitative estimate of drug-likeness (QED) is 0.272. The van der Waals surface area contributed by atoms with Gasteiger partial charge < -0.3 is 30.6 Å². The van der Waals surface area contributed by atoms with E-state index in [2.05, 4.69) is 0 Å². The summed E-state index contributed by atoms with van der Waals surface area (Å²) in [5.41, 5.74) is -0.586. The average molecular weight is 545 g/mol. The molecule has 0 aromatic carbocycles. The molecule has 216 valence electrons. The number of aliphatic hydroxyl groups excluding tert-OH is 6. The van der Waals surface area contributed by atoms with Gasteiger partial charge in [0.1, 0.15) is 0 Å². The summed E-state index contributed by atoms with van der Waals surface area (Å²) >= 11 is 0. The van der Waals surface area contributed by atoms with Crippen molar-refractivity contribution in [3.63, 3.8) is 0 Å². The molecule has 6 N–H and O–H groups in total. The van der Waals surface area contributed by atoms with Crippen LogP contribution in [-0.4, -0.2) is 67.3 Å². The normalized spacial score (nSPS) is 15.8. The van der Waals surface area contributed by atoms with Gasteiger partial charge in [-0.05, 0) is 49.4 Å². The summed E-state index contributed by atoms with van der Waals surface area (Å²) in [6.45, 7) is 30.6. The molecule has 0 saturated carbocycles. The Bertz CT molecular complexity index is 382. The second kappa shape index (κ2) is 19.5. The fourth-order valence-corrected chi connectivity index (χ4v) is 1.84. The molecule has 0 amide bonds. The molecule has 7 heteroatoms. The van der Waals surface area contributed by atoms with E-state index < -0.39 is 24.4 Å². The van der Waals surface area contributed by atoms with Crippen LogP contribution in [0.15, 0.2) is 0 Å². The SMILES string of the molecule is CC(C)(C)C(O)CC(O)C(C)(C)C.CC(C)(C)C(O)CC(O)C(C)(C)C.CC(C)O.CC(C)O.[Ti]. The Morgan fingerprint density at radius 2 is 0.457 bits per heavy atom. The molecule has 0 rings (SSSR count). The van der Waals surface area contributed by atoms with Gasteiger partial charge in [-0.15, -0.1) is 0 Å². The van der Waals surface area contributed by atoms with Crippen molar-refractivity contribution in [1.82, 2.24) is 0 Å². The molecule has 6 nitrogen and oxygen atoms in total. The summed E-state index contributed by atoms with van der Waals surface area (Å²) < 4.78 is 0. The van der Waals surface area contributed by atoms with Crippen LogP contribution in [0.25, 0.3) is 0 Å². The van der Waals surface area contributed by atoms with E-state index in [1.165, 1.54) is 0 Å². The molecule has 0 radical (unpaired) electrons. The van der Waals surface area contributed by atoms with Crippen LogP contribution in [0.1, 0.15) is 124 Å². The van der Waals surface area contributed by atoms with E-state index in [-0.39, 0.29) is 55.6 Å². The second-order valence-corrected chi connectivity index (χ2v) is 14.2. The third-order valence-electron chi connectivity index (χ3n) is 4.89. The Labute approximate surface area is 233 Å². The van der Waals surface area contributed by atoms with Gasteiger partial charge in [0.2, 0.25) is 0 Å². The van der Waals surface area contributed by atoms with E-state index >= 15 is 0 Å². The molecule has 4 atom stereocenters. The van der Waals surface area contributed by atoms with Gasteiger partial charge in [-0.2, -0.15) is 0 Å². The van der Waals surface area contributed by atoms with Crippen molar-refractivity contribution in [3.8, 4) is 0 Å². The molecule has 0 aromatic heterocycles. The van der Waals surface area contributed by atoms with E-state index in [9.17, 15) is 20.4 Å². The van der Waals surface area contributed by atoms with Gasteiger partial charge in [0, 0.05) is 46.8 Å². The van der Waals surface area contributed by atoms with Crippen LogP contribution in [0.5, 0.6) is 0 Å². The van der Waals surface area contributed by atoms with E-state index in [1.807, 2.05) is 83.1 Å². The summed E-state index contributed by atoms with van der Waals surface area (Å²) in [5, 5.41) is 55.1. The Morgan fingerprint density at radius 3 is 0.514 bits per heavy atom. The zero-order chi connectivity index (χ0) is 28.9. The van der Waals surface area contributed by atoms with Crippen molar-refractivity contribution in [2.75, 3.05) is 0 Å². The van der Waals surface area contributed by atoms with Crippen LogP contribution in [0.3, 0.4) is 0 Å². The smallest absolute Gasteiger partial charge is 0.0613 e. The van der Waals surface area contributed by atoms with Crippen molar-refractivity contribution in [3.05, 3.63) is 0 Å². The fraction of sp³-hybridized carbons (Fsp3) is 1.00. The topological polar surface area (TPSA) is 121 Å². The molecule has 0 aliphatic rings. The maximum absolute atomic E-state index is 9.76. The summed E-state index contributed by atoms with van der Waals surface area (Å²) in [6, 6.07) is 0. The standard InChI is InChI=1S/2C11H24O2.2C3H8O.Ti/c2*1-10(2,3)8(12)7-9(13)11(4,5)6;2*1-3(2)4;/h2*8-9,12-13H,7H2,1-6H3;2*3-4H,1-2H3;. The minimum absolute atomic E-state index is 0. The monoisotopic (exact) mass is 544 g/mol. The Hall–Kier alpha value is 0.474. The van der Waals surface area contributed by atoms with Gasteiger partial charge in [0.15, 0.2) is 0 Å². The van der Waals surface area contributed by atoms with Gasteiger partial charge in [-0.25, -0.2) is 0 Å². The molecule has 0 aliphatic heterocycles. The molecule has 4 unspecified atom stereocenters. The van der Waals surface area contributed by atoms with Crippen LogP contribution in [0.2, 0.25) is 0 Å². The van der Waals surface area contributed by atoms with Gasteiger partial charge in [0.05, 0.1) is 24.4 Å². The van der Waals surface area contributed by atoms with Crippen LogP contribution in [-0.2, 0) is 21.7 Å². The van der Waals surface area contributed by atoms with Gasteiger partial charge in [-0.1, -0.05) is 83.1 Å². The van der Waals surface area contributed by atoms with Crippen LogP contribution < -0.4 is 0 Å². The van der Waals surface area contributed by atoms with E-state index in [1.54, 1.807) is 27.7 Å². The minimum atomic E-state index is -0.443. The summed E-state index contributed by atoms with van der Waals surface area (Å²) in [6.07, 6.45) is -1.20. The number of aliphatic hydroxyl groups is 6. The molecule has 35 heavy (non-hydrogen) atoms. The fourth-order valence-electron chi connectivity index (χ4n) is 1.84. The van der Waals surface area contributed by atoms with Crippen molar-refractivity contribution >= 4 is 0 Å². The predicted octanol–water partition coefficient (Wildman–Crippen LogP) is 5.15. The molecule has 0 heterocycles. The molecule has 0 saturated heterocycles. The summed E-state index contributed by atoms with van der Waals surface area (Å²) in [7, 11) is 0. The minimum Gasteiger partial charge on any atom is -0.394 e. The van der Waals surface area contributed by atoms with Crippen molar-refractivity contribution in [2.45, 2.75) is 160 Å². The third kappa shape index (κ3) is 34.5. The first kappa shape index (κ1) is 45.4. The summed E-state index contributed by atoms with van der Waals surface area (Å²) in [5.74, 6) is 0. The largest absolute Gasteiger partial charge is 0.394 e. The van der Waals surface area contributed by atoms with E-state index in [0.29, 0.717) is 12.8 Å². The van der Waals surface area contributed by atoms with Crippen LogP contribution in [0.4, 0.5) is 0 Å². The molecular formula is C28H64O6Ti. The Morgan fingerprint density at radius 1 is 0.371 bits per heavy atom. The van der Waals surface area contributed by atoms with Crippen molar-refractivity contribution in [2.24, 2.45) is 21.7 Å². The zero-order valence-electron chi connectivity index (χ0n) is 26.1. The summed E-state index contributed by atoms with van der Waals surface area (Å²) in [4.78, 5) is 0. The molecule has 0 fully saturated rings. The zero-order valence-corrected chi connectivity index (χ0v) is 27.6. The first-order valence-corrected chi connectivity index (χ1v) is 12.6. The van der Waals surface area contributed by atoms with Crippen molar-refractivity contribution < 1.29 is 52.4 Å². The molecule has 0 aliphatic carbocycles. The first-order valence-electron chi connectivity index (χ1n) is 12.6. The predicted molar refractivity (Wildman–Crippen MR) is 146 cm³/mol. The molecule has 0 aromatic rings. The van der Waals surface area contributed by atoms with Crippen molar-refractivity contribution in [1.29, 1.82) is 0 Å². The Kier molecular flexibility index (Phi) is 25.3. The third-order valence-corrected chi connectivity index (χ3v) is 4.89. The molecule has 0 spiro atoms. The second-order valence-electron chi connectivity index (χ2n) is 14.2. The maximum atomic E-state index is 9.76. The number of rotatable bonds is 4. The molecular weight excluding hydrogens is 480 g/mol. The number of hydrogen-bond acceptors (Lipinski definition) is 6. The number of hydrogen-bond donors (Lipinski definition) is 6. The van der Waals surface area contributed by atoms with Crippen LogP contribution in [0, 0.1) is 21.7 Å². The van der Waals surface area contributed by atoms with E-state index in [0.717, 1.165) is 0 Å². The van der Waals surface area contributed by atoms with Gasteiger partial charge in [-0.3, -0.25) is 0 Å². The average Bonchev–Trinajstić information content (AvgIpc) is 2.50. The molecule has 0 bridgehead atoms. The maximum Gasteiger partial charge on any atom is 0.0613 e. The van der Waals surface area contributed by atoms with E-state index in [4.69, 9.17) is 10.2 Å². The van der Waals surface area contributed by atoms with Crippen LogP contribution >= 0.6 is 0 Å². The van der Waals surface area contributed by atoms with Gasteiger partial charge in [0.25, 0.3) is 0 Å². The first-order chi connectivity index (χ1) is 14.6.